The van der Waals surface area contributed by atoms with Crippen LogP contribution in [-0.4, -0.2) is 66.2 Å². The van der Waals surface area contributed by atoms with Crippen LogP contribution in [0.3, 0.4) is 0 Å². The van der Waals surface area contributed by atoms with Crippen LogP contribution >= 0.6 is 0 Å². The highest BCUT2D eigenvalue weighted by molar-refractivity contribution is 5.88. The number of rotatable bonds is 10. The molecule has 1 aromatic heterocycles. The maximum atomic E-state index is 12.4. The number of aromatic amines is 1. The van der Waals surface area contributed by atoms with E-state index in [1.165, 1.54) is 17.8 Å². The number of hydrogen-bond acceptors (Lipinski definition) is 8. The summed E-state index contributed by atoms with van der Waals surface area (Å²) < 4.78 is 12.4. The van der Waals surface area contributed by atoms with Gasteiger partial charge < -0.3 is 25.4 Å². The minimum atomic E-state index is -0.764. The zero-order chi connectivity index (χ0) is 26.1. The Kier molecular flexibility index (Phi) is 9.53. The zero-order valence-corrected chi connectivity index (χ0v) is 20.2. The van der Waals surface area contributed by atoms with Gasteiger partial charge in [-0.05, 0) is 12.5 Å². The van der Waals surface area contributed by atoms with Gasteiger partial charge in [0.1, 0.15) is 18.8 Å². The summed E-state index contributed by atoms with van der Waals surface area (Å²) in [5.41, 5.74) is 0.205. The molecule has 0 radical (unpaired) electrons. The highest BCUT2D eigenvalue weighted by Gasteiger charge is 2.26. The van der Waals surface area contributed by atoms with Crippen molar-refractivity contribution in [3.05, 3.63) is 68.5 Å². The predicted molar refractivity (Wildman–Crippen MR) is 129 cm³/mol. The van der Waals surface area contributed by atoms with E-state index in [1.807, 2.05) is 30.3 Å². The Hall–Kier alpha value is -3.77. The number of aryl methyl sites for hydroxylation is 1. The summed E-state index contributed by atoms with van der Waals surface area (Å²) in [5, 5.41) is 8.30. The molecule has 2 aromatic rings. The molecule has 36 heavy (non-hydrogen) atoms. The fourth-order valence-corrected chi connectivity index (χ4v) is 3.72. The van der Waals surface area contributed by atoms with Gasteiger partial charge in [0.05, 0.1) is 6.42 Å². The van der Waals surface area contributed by atoms with E-state index >= 15 is 0 Å². The Bertz CT molecular complexity index is 1180. The molecule has 2 amide bonds. The third kappa shape index (κ3) is 7.62. The van der Waals surface area contributed by atoms with E-state index in [1.54, 1.807) is 6.92 Å². The van der Waals surface area contributed by atoms with Crippen LogP contribution in [0, 0.1) is 6.92 Å². The Labute approximate surface area is 207 Å². The summed E-state index contributed by atoms with van der Waals surface area (Å²) in [4.78, 5) is 62.7. The Morgan fingerprint density at radius 2 is 1.92 bits per heavy atom. The van der Waals surface area contributed by atoms with Crippen LogP contribution in [0.1, 0.15) is 30.2 Å². The van der Waals surface area contributed by atoms with Crippen molar-refractivity contribution in [2.45, 2.75) is 44.6 Å². The molecule has 1 aliphatic heterocycles. The minimum absolute atomic E-state index is 0.0735. The number of benzene rings is 1. The number of carbonyl (C=O) groups excluding carboxylic acids is 3. The molecule has 0 saturated carbocycles. The lowest BCUT2D eigenvalue weighted by Gasteiger charge is -2.31. The van der Waals surface area contributed by atoms with Gasteiger partial charge in [0.15, 0.2) is 6.23 Å². The number of likely N-dealkylation sites (N-methyl/N-ethyl adjacent to an activating group) is 1. The smallest absolute Gasteiger partial charge is 0.330 e. The van der Waals surface area contributed by atoms with E-state index in [-0.39, 0.29) is 25.4 Å². The first-order chi connectivity index (χ1) is 17.3. The standard InChI is InChI=1S/C24H31N5O7/c1-15-13-29(24(34)28-22(15)32)20-12-26-11-17(36-20)14-35-21(31)9-8-19(30)27-18(23(33)25-2)10-16-6-4-3-5-7-16/h3-7,13,17-18,20,26H,8-12,14H2,1-2H3,(H,25,33)(H,27,30)(H,28,32,34)/t17-,18?,20+/m0/s1. The van der Waals surface area contributed by atoms with Crippen LogP contribution in [0.15, 0.2) is 46.1 Å². The van der Waals surface area contributed by atoms with Crippen molar-refractivity contribution in [3.63, 3.8) is 0 Å². The van der Waals surface area contributed by atoms with E-state index in [0.717, 1.165) is 5.56 Å². The van der Waals surface area contributed by atoms with Gasteiger partial charge in [-0.25, -0.2) is 4.79 Å². The predicted octanol–water partition coefficient (Wildman–Crippen LogP) is -0.871. The van der Waals surface area contributed by atoms with Crippen molar-refractivity contribution < 1.29 is 23.9 Å². The van der Waals surface area contributed by atoms with E-state index in [2.05, 4.69) is 20.9 Å². The molecule has 194 valence electrons. The molecule has 4 N–H and O–H groups in total. The lowest BCUT2D eigenvalue weighted by Crippen LogP contribution is -2.48. The molecule has 12 nitrogen and oxygen atoms in total. The Balaban J connectivity index is 1.45. The van der Waals surface area contributed by atoms with Crippen molar-refractivity contribution >= 4 is 17.8 Å². The van der Waals surface area contributed by atoms with Crippen molar-refractivity contribution in [2.75, 3.05) is 26.7 Å². The first kappa shape index (κ1) is 26.8. The van der Waals surface area contributed by atoms with Crippen molar-refractivity contribution in [1.82, 2.24) is 25.5 Å². The molecule has 1 saturated heterocycles. The molecule has 3 atom stereocenters. The van der Waals surface area contributed by atoms with Gasteiger partial charge in [-0.15, -0.1) is 0 Å². The number of carbonyl (C=O) groups is 3. The third-order valence-corrected chi connectivity index (χ3v) is 5.66. The molecule has 0 bridgehead atoms. The first-order valence-electron chi connectivity index (χ1n) is 11.7. The minimum Gasteiger partial charge on any atom is -0.463 e. The third-order valence-electron chi connectivity index (χ3n) is 5.66. The number of aromatic nitrogens is 2. The van der Waals surface area contributed by atoms with Crippen LogP contribution in [0.2, 0.25) is 0 Å². The van der Waals surface area contributed by atoms with Crippen LogP contribution in [0.25, 0.3) is 0 Å². The summed E-state index contributed by atoms with van der Waals surface area (Å²) in [5.74, 6) is -1.37. The topological polar surface area (TPSA) is 161 Å². The van der Waals surface area contributed by atoms with Gasteiger partial charge in [0.25, 0.3) is 5.56 Å². The number of amides is 2. The molecule has 1 aromatic carbocycles. The molecule has 2 heterocycles. The summed E-state index contributed by atoms with van der Waals surface area (Å²) >= 11 is 0. The lowest BCUT2D eigenvalue weighted by molar-refractivity contribution is -0.155. The van der Waals surface area contributed by atoms with Crippen molar-refractivity contribution in [1.29, 1.82) is 0 Å². The van der Waals surface area contributed by atoms with Gasteiger partial charge >= 0.3 is 11.7 Å². The number of nitrogens with one attached hydrogen (secondary N) is 4. The molecule has 1 unspecified atom stereocenters. The zero-order valence-electron chi connectivity index (χ0n) is 20.2. The average Bonchev–Trinajstić information content (AvgIpc) is 2.88. The van der Waals surface area contributed by atoms with Crippen LogP contribution in [0.5, 0.6) is 0 Å². The summed E-state index contributed by atoms with van der Waals surface area (Å²) in [6.45, 7) is 2.25. The second-order valence-electron chi connectivity index (χ2n) is 8.46. The summed E-state index contributed by atoms with van der Waals surface area (Å²) in [6.07, 6.45) is 0.234. The fraction of sp³-hybridized carbons (Fsp3) is 0.458. The normalized spacial score (nSPS) is 18.2. The van der Waals surface area contributed by atoms with E-state index in [0.29, 0.717) is 25.1 Å². The molecule has 0 spiro atoms. The van der Waals surface area contributed by atoms with E-state index < -0.39 is 41.5 Å². The summed E-state index contributed by atoms with van der Waals surface area (Å²) in [6, 6.07) is 8.52. The van der Waals surface area contributed by atoms with Crippen LogP contribution < -0.4 is 27.2 Å². The second kappa shape index (κ2) is 12.8. The SMILES string of the molecule is CNC(=O)C(Cc1ccccc1)NC(=O)CCC(=O)OC[C@@H]1CNC[C@H](n2cc(C)c(=O)[nH]c2=O)O1. The first-order valence-corrected chi connectivity index (χ1v) is 11.7. The molecule has 3 rings (SSSR count). The average molecular weight is 502 g/mol. The quantitative estimate of drug-likeness (QED) is 0.306. The van der Waals surface area contributed by atoms with Crippen LogP contribution in [-0.2, 0) is 30.3 Å². The maximum absolute atomic E-state index is 12.4. The highest BCUT2D eigenvalue weighted by atomic mass is 16.6. The van der Waals surface area contributed by atoms with Gasteiger partial charge in [-0.1, -0.05) is 30.3 Å². The van der Waals surface area contributed by atoms with Crippen LogP contribution in [0.4, 0.5) is 0 Å². The number of morpholine rings is 1. The fourth-order valence-electron chi connectivity index (χ4n) is 3.72. The molecule has 1 fully saturated rings. The number of esters is 1. The largest absolute Gasteiger partial charge is 0.463 e. The van der Waals surface area contributed by atoms with E-state index in [4.69, 9.17) is 9.47 Å². The lowest BCUT2D eigenvalue weighted by atomic mass is 10.1. The Morgan fingerprint density at radius 1 is 1.17 bits per heavy atom. The van der Waals surface area contributed by atoms with Gasteiger partial charge in [0, 0.05) is 44.7 Å². The molecule has 1 aliphatic rings. The van der Waals surface area contributed by atoms with Crippen molar-refractivity contribution in [2.24, 2.45) is 0 Å². The molecule has 12 heteroatoms. The molecular formula is C24H31N5O7. The number of H-pyrrole nitrogens is 1. The van der Waals surface area contributed by atoms with Gasteiger partial charge in [-0.3, -0.25) is 28.7 Å². The summed E-state index contributed by atoms with van der Waals surface area (Å²) in [7, 11) is 1.49. The molecular weight excluding hydrogens is 470 g/mol. The monoisotopic (exact) mass is 501 g/mol. The number of ether oxygens (including phenoxy) is 2. The highest BCUT2D eigenvalue weighted by Crippen LogP contribution is 2.13. The van der Waals surface area contributed by atoms with Gasteiger partial charge in [-0.2, -0.15) is 0 Å². The maximum Gasteiger partial charge on any atom is 0.330 e. The second-order valence-corrected chi connectivity index (χ2v) is 8.46. The number of hydrogen-bond donors (Lipinski definition) is 4. The number of nitrogens with zero attached hydrogens (tertiary/aromatic N) is 1. The van der Waals surface area contributed by atoms with Crippen molar-refractivity contribution in [3.8, 4) is 0 Å². The van der Waals surface area contributed by atoms with E-state index in [9.17, 15) is 24.0 Å². The Morgan fingerprint density at radius 3 is 2.64 bits per heavy atom. The molecule has 0 aliphatic carbocycles. The van der Waals surface area contributed by atoms with Gasteiger partial charge in [0.2, 0.25) is 11.8 Å².